The van der Waals surface area contributed by atoms with Gasteiger partial charge in [0.15, 0.2) is 0 Å². The van der Waals surface area contributed by atoms with Crippen molar-refractivity contribution in [2.45, 2.75) is 38.6 Å². The second-order valence-electron chi connectivity index (χ2n) is 5.81. The van der Waals surface area contributed by atoms with E-state index in [0.717, 1.165) is 43.5 Å². The molecule has 21 heavy (non-hydrogen) atoms. The van der Waals surface area contributed by atoms with E-state index in [1.54, 1.807) is 0 Å². The zero-order valence-corrected chi connectivity index (χ0v) is 13.1. The SMILES string of the molecule is CCNc1cc(N2CCc3sccc3C2)nc(C2CC2)n1. The molecule has 5 heteroatoms. The monoisotopic (exact) mass is 300 g/mol. The fourth-order valence-corrected chi connectivity index (χ4v) is 3.74. The Labute approximate surface area is 129 Å². The summed E-state index contributed by atoms with van der Waals surface area (Å²) < 4.78 is 0. The molecule has 0 unspecified atom stereocenters. The Hall–Kier alpha value is -1.62. The third-order valence-corrected chi connectivity index (χ3v) is 5.18. The van der Waals surface area contributed by atoms with E-state index in [1.165, 1.54) is 23.3 Å². The topological polar surface area (TPSA) is 41.0 Å². The highest BCUT2D eigenvalue weighted by Gasteiger charge is 2.28. The van der Waals surface area contributed by atoms with E-state index in [-0.39, 0.29) is 0 Å². The molecule has 1 aliphatic heterocycles. The zero-order chi connectivity index (χ0) is 14.2. The minimum absolute atomic E-state index is 0.587. The van der Waals surface area contributed by atoms with Gasteiger partial charge in [0.25, 0.3) is 0 Å². The molecule has 2 aliphatic rings. The smallest absolute Gasteiger partial charge is 0.136 e. The van der Waals surface area contributed by atoms with E-state index in [2.05, 4.69) is 39.6 Å². The molecule has 1 fully saturated rings. The molecule has 2 aromatic rings. The molecule has 0 saturated heterocycles. The van der Waals surface area contributed by atoms with Crippen LogP contribution in [0.4, 0.5) is 11.6 Å². The van der Waals surface area contributed by atoms with Crippen molar-refractivity contribution in [3.63, 3.8) is 0 Å². The number of hydrogen-bond donors (Lipinski definition) is 1. The maximum absolute atomic E-state index is 4.84. The van der Waals surface area contributed by atoms with Crippen LogP contribution in [0.15, 0.2) is 17.5 Å². The fourth-order valence-electron chi connectivity index (χ4n) is 2.85. The number of rotatable bonds is 4. The van der Waals surface area contributed by atoms with E-state index in [4.69, 9.17) is 4.98 Å². The van der Waals surface area contributed by atoms with E-state index in [9.17, 15) is 0 Å². The van der Waals surface area contributed by atoms with Crippen molar-refractivity contribution in [3.8, 4) is 0 Å². The van der Waals surface area contributed by atoms with Crippen LogP contribution in [-0.4, -0.2) is 23.1 Å². The maximum atomic E-state index is 4.84. The van der Waals surface area contributed by atoms with Crippen LogP contribution in [0.2, 0.25) is 0 Å². The summed E-state index contributed by atoms with van der Waals surface area (Å²) in [5.74, 6) is 3.67. The molecule has 1 N–H and O–H groups in total. The molecule has 4 nitrogen and oxygen atoms in total. The lowest BCUT2D eigenvalue weighted by Crippen LogP contribution is -2.30. The molecule has 0 aromatic carbocycles. The Kier molecular flexibility index (Phi) is 3.30. The maximum Gasteiger partial charge on any atom is 0.136 e. The lowest BCUT2D eigenvalue weighted by atomic mass is 10.1. The third-order valence-electron chi connectivity index (χ3n) is 4.16. The lowest BCUT2D eigenvalue weighted by molar-refractivity contribution is 0.724. The van der Waals surface area contributed by atoms with Gasteiger partial charge < -0.3 is 10.2 Å². The predicted octanol–water partition coefficient (Wildman–Crippen LogP) is 3.41. The van der Waals surface area contributed by atoms with Gasteiger partial charge in [-0.25, -0.2) is 9.97 Å². The number of anilines is 2. The first kappa shape index (κ1) is 13.1. The quantitative estimate of drug-likeness (QED) is 0.939. The summed E-state index contributed by atoms with van der Waals surface area (Å²) in [5, 5.41) is 5.55. The number of nitrogens with zero attached hydrogens (tertiary/aromatic N) is 3. The highest BCUT2D eigenvalue weighted by atomic mass is 32.1. The van der Waals surface area contributed by atoms with Crippen LogP contribution < -0.4 is 10.2 Å². The van der Waals surface area contributed by atoms with Gasteiger partial charge in [0.05, 0.1) is 0 Å². The minimum Gasteiger partial charge on any atom is -0.370 e. The number of nitrogens with one attached hydrogen (secondary N) is 1. The average molecular weight is 300 g/mol. The van der Waals surface area contributed by atoms with Crippen molar-refractivity contribution in [3.05, 3.63) is 33.8 Å². The summed E-state index contributed by atoms with van der Waals surface area (Å²) in [6.07, 6.45) is 3.61. The van der Waals surface area contributed by atoms with Crippen LogP contribution in [0.5, 0.6) is 0 Å². The van der Waals surface area contributed by atoms with Crippen LogP contribution >= 0.6 is 11.3 Å². The summed E-state index contributed by atoms with van der Waals surface area (Å²) in [6, 6.07) is 4.35. The minimum atomic E-state index is 0.587. The van der Waals surface area contributed by atoms with E-state index >= 15 is 0 Å². The van der Waals surface area contributed by atoms with Crippen molar-refractivity contribution in [1.29, 1.82) is 0 Å². The number of hydrogen-bond acceptors (Lipinski definition) is 5. The summed E-state index contributed by atoms with van der Waals surface area (Å²) in [4.78, 5) is 13.4. The fraction of sp³-hybridized carbons (Fsp3) is 0.500. The number of aromatic nitrogens is 2. The molecule has 0 radical (unpaired) electrons. The van der Waals surface area contributed by atoms with Gasteiger partial charge >= 0.3 is 0 Å². The van der Waals surface area contributed by atoms with Crippen LogP contribution in [-0.2, 0) is 13.0 Å². The van der Waals surface area contributed by atoms with Crippen molar-refractivity contribution >= 4 is 23.0 Å². The van der Waals surface area contributed by atoms with Gasteiger partial charge in [0.2, 0.25) is 0 Å². The van der Waals surface area contributed by atoms with Gasteiger partial charge in [-0.15, -0.1) is 11.3 Å². The van der Waals surface area contributed by atoms with Gasteiger partial charge in [-0.2, -0.15) is 0 Å². The first-order valence-corrected chi connectivity index (χ1v) is 8.64. The second kappa shape index (κ2) is 5.30. The van der Waals surface area contributed by atoms with Crippen molar-refractivity contribution in [2.24, 2.45) is 0 Å². The molecule has 0 spiro atoms. The molecular weight excluding hydrogens is 280 g/mol. The molecule has 3 heterocycles. The van der Waals surface area contributed by atoms with E-state index in [1.807, 2.05) is 11.3 Å². The van der Waals surface area contributed by atoms with E-state index in [0.29, 0.717) is 5.92 Å². The third kappa shape index (κ3) is 2.62. The Morgan fingerprint density at radius 1 is 1.38 bits per heavy atom. The van der Waals surface area contributed by atoms with Gasteiger partial charge in [-0.3, -0.25) is 0 Å². The van der Waals surface area contributed by atoms with Crippen LogP contribution in [0.1, 0.15) is 41.9 Å². The van der Waals surface area contributed by atoms with Gasteiger partial charge in [0.1, 0.15) is 17.5 Å². The van der Waals surface area contributed by atoms with Gasteiger partial charge in [-0.1, -0.05) is 0 Å². The molecule has 0 amide bonds. The number of fused-ring (bicyclic) bond motifs is 1. The second-order valence-corrected chi connectivity index (χ2v) is 6.82. The van der Waals surface area contributed by atoms with Crippen LogP contribution in [0.3, 0.4) is 0 Å². The Morgan fingerprint density at radius 2 is 2.29 bits per heavy atom. The summed E-state index contributed by atoms with van der Waals surface area (Å²) in [6.45, 7) is 5.04. The van der Waals surface area contributed by atoms with Crippen molar-refractivity contribution < 1.29 is 0 Å². The molecule has 0 bridgehead atoms. The Bertz CT molecular complexity index is 647. The van der Waals surface area contributed by atoms with E-state index < -0.39 is 0 Å². The van der Waals surface area contributed by atoms with Crippen molar-refractivity contribution in [2.75, 3.05) is 23.3 Å². The first-order chi connectivity index (χ1) is 10.3. The van der Waals surface area contributed by atoms with Crippen LogP contribution in [0, 0.1) is 0 Å². The average Bonchev–Trinajstić information content (AvgIpc) is 3.25. The molecular formula is C16H20N4S. The highest BCUT2D eigenvalue weighted by molar-refractivity contribution is 7.10. The Morgan fingerprint density at radius 3 is 3.10 bits per heavy atom. The lowest BCUT2D eigenvalue weighted by Gasteiger charge is -2.28. The molecule has 4 rings (SSSR count). The molecule has 2 aromatic heterocycles. The normalized spacial score (nSPS) is 17.7. The summed E-state index contributed by atoms with van der Waals surface area (Å²) in [5.41, 5.74) is 1.46. The predicted molar refractivity (Wildman–Crippen MR) is 87.2 cm³/mol. The van der Waals surface area contributed by atoms with Gasteiger partial charge in [-0.05, 0) is 43.2 Å². The standard InChI is InChI=1S/C16H20N4S/c1-2-17-14-9-15(19-16(18-14)11-3-4-11)20-7-5-13-12(10-20)6-8-21-13/h6,8-9,11H,2-5,7,10H2,1H3,(H,17,18,19). The first-order valence-electron chi connectivity index (χ1n) is 7.76. The zero-order valence-electron chi connectivity index (χ0n) is 12.3. The van der Waals surface area contributed by atoms with Gasteiger partial charge in [0, 0.05) is 36.5 Å². The Balaban J connectivity index is 1.64. The molecule has 0 atom stereocenters. The summed E-state index contributed by atoms with van der Waals surface area (Å²) >= 11 is 1.88. The highest BCUT2D eigenvalue weighted by Crippen LogP contribution is 2.39. The largest absolute Gasteiger partial charge is 0.370 e. The van der Waals surface area contributed by atoms with Crippen molar-refractivity contribution in [1.82, 2.24) is 9.97 Å². The molecule has 110 valence electrons. The number of thiophene rings is 1. The summed E-state index contributed by atoms with van der Waals surface area (Å²) in [7, 11) is 0. The molecule has 1 saturated carbocycles. The van der Waals surface area contributed by atoms with Crippen LogP contribution in [0.25, 0.3) is 0 Å². The molecule has 1 aliphatic carbocycles.